The average molecular weight is 302 g/mol. The highest BCUT2D eigenvalue weighted by Crippen LogP contribution is 2.22. The molecule has 0 bridgehead atoms. The van der Waals surface area contributed by atoms with Crippen LogP contribution in [-0.2, 0) is 16.0 Å². The van der Waals surface area contributed by atoms with E-state index in [4.69, 9.17) is 4.74 Å². The maximum atomic E-state index is 12.7. The van der Waals surface area contributed by atoms with Crippen LogP contribution in [0.2, 0.25) is 0 Å². The lowest BCUT2D eigenvalue weighted by Crippen LogP contribution is -2.49. The molecule has 0 aliphatic carbocycles. The van der Waals surface area contributed by atoms with Gasteiger partial charge in [0.15, 0.2) is 0 Å². The molecule has 2 atom stereocenters. The number of hydrogen-bond acceptors (Lipinski definition) is 3. The number of benzene rings is 1. The van der Waals surface area contributed by atoms with Crippen molar-refractivity contribution < 1.29 is 9.53 Å². The Labute approximate surface area is 132 Å². The quantitative estimate of drug-likeness (QED) is 0.925. The third-order valence-electron chi connectivity index (χ3n) is 4.68. The van der Waals surface area contributed by atoms with Crippen LogP contribution in [0.5, 0.6) is 0 Å². The molecule has 4 heteroatoms. The number of carbonyl (C=O) groups excluding carboxylic acids is 1. The van der Waals surface area contributed by atoms with E-state index in [1.54, 1.807) is 0 Å². The molecule has 0 spiro atoms. The van der Waals surface area contributed by atoms with Crippen LogP contribution in [0.1, 0.15) is 31.2 Å². The summed E-state index contributed by atoms with van der Waals surface area (Å²) >= 11 is 0. The number of hydrogen-bond donors (Lipinski definition) is 1. The van der Waals surface area contributed by atoms with Crippen LogP contribution in [0.25, 0.3) is 0 Å². The molecule has 2 saturated heterocycles. The molecule has 2 aliphatic rings. The monoisotopic (exact) mass is 302 g/mol. The molecule has 1 amide bonds. The third-order valence-corrected chi connectivity index (χ3v) is 4.68. The van der Waals surface area contributed by atoms with Gasteiger partial charge in [-0.15, -0.1) is 0 Å². The van der Waals surface area contributed by atoms with Gasteiger partial charge in [0.2, 0.25) is 5.91 Å². The fourth-order valence-electron chi connectivity index (χ4n) is 3.51. The largest absolute Gasteiger partial charge is 0.378 e. The van der Waals surface area contributed by atoms with E-state index < -0.39 is 0 Å². The molecule has 0 radical (unpaired) electrons. The average Bonchev–Trinajstić information content (AvgIpc) is 2.57. The second-order valence-corrected chi connectivity index (χ2v) is 6.36. The fraction of sp³-hybridized carbons (Fsp3) is 0.611. The molecular weight excluding hydrogens is 276 g/mol. The van der Waals surface area contributed by atoms with Crippen molar-refractivity contribution in [2.75, 3.05) is 26.3 Å². The minimum Gasteiger partial charge on any atom is -0.378 e. The highest BCUT2D eigenvalue weighted by atomic mass is 16.5. The number of ether oxygens (including phenoxy) is 1. The molecule has 22 heavy (non-hydrogen) atoms. The van der Waals surface area contributed by atoms with Crippen LogP contribution in [0.4, 0.5) is 0 Å². The van der Waals surface area contributed by atoms with Gasteiger partial charge in [-0.2, -0.15) is 0 Å². The minimum absolute atomic E-state index is 0.181. The third kappa shape index (κ3) is 4.08. The Bertz CT molecular complexity index is 471. The van der Waals surface area contributed by atoms with Gasteiger partial charge in [-0.1, -0.05) is 30.3 Å². The van der Waals surface area contributed by atoms with Gasteiger partial charge >= 0.3 is 0 Å². The first-order valence-electron chi connectivity index (χ1n) is 8.47. The van der Waals surface area contributed by atoms with Crippen LogP contribution < -0.4 is 5.32 Å². The van der Waals surface area contributed by atoms with Gasteiger partial charge in [0, 0.05) is 31.6 Å². The van der Waals surface area contributed by atoms with Crippen molar-refractivity contribution >= 4 is 5.91 Å². The van der Waals surface area contributed by atoms with Crippen LogP contribution >= 0.6 is 0 Å². The molecule has 0 aromatic heterocycles. The maximum Gasteiger partial charge on any atom is 0.224 e. The summed E-state index contributed by atoms with van der Waals surface area (Å²) in [5.41, 5.74) is 1.33. The molecule has 2 unspecified atom stereocenters. The van der Waals surface area contributed by atoms with Crippen LogP contribution in [0.15, 0.2) is 30.3 Å². The van der Waals surface area contributed by atoms with E-state index in [0.717, 1.165) is 39.0 Å². The van der Waals surface area contributed by atoms with Gasteiger partial charge in [-0.05, 0) is 31.2 Å². The SMILES string of the molecule is O=C(CC1COCCN1)N1CCCCC1Cc1ccccc1. The molecule has 1 N–H and O–H groups in total. The Morgan fingerprint density at radius 3 is 2.91 bits per heavy atom. The van der Waals surface area contributed by atoms with E-state index in [1.165, 1.54) is 12.0 Å². The van der Waals surface area contributed by atoms with Gasteiger partial charge in [0.05, 0.1) is 13.2 Å². The Balaban J connectivity index is 1.60. The van der Waals surface area contributed by atoms with Crippen LogP contribution in [0, 0.1) is 0 Å². The number of morpholine rings is 1. The molecule has 3 rings (SSSR count). The molecule has 120 valence electrons. The summed E-state index contributed by atoms with van der Waals surface area (Å²) in [7, 11) is 0. The van der Waals surface area contributed by atoms with E-state index in [1.807, 2.05) is 6.07 Å². The number of rotatable bonds is 4. The van der Waals surface area contributed by atoms with Gasteiger partial charge in [-0.3, -0.25) is 4.79 Å². The first kappa shape index (κ1) is 15.5. The normalized spacial score (nSPS) is 25.9. The summed E-state index contributed by atoms with van der Waals surface area (Å²) in [6, 6.07) is 11.1. The first-order chi connectivity index (χ1) is 10.8. The van der Waals surface area contributed by atoms with E-state index in [0.29, 0.717) is 19.1 Å². The summed E-state index contributed by atoms with van der Waals surface area (Å²) in [5.74, 6) is 0.281. The number of amides is 1. The van der Waals surface area contributed by atoms with Crippen molar-refractivity contribution in [3.8, 4) is 0 Å². The van der Waals surface area contributed by atoms with Crippen molar-refractivity contribution in [1.29, 1.82) is 0 Å². The number of carbonyl (C=O) groups is 1. The number of nitrogens with zero attached hydrogens (tertiary/aromatic N) is 1. The lowest BCUT2D eigenvalue weighted by molar-refractivity contribution is -0.136. The Hall–Kier alpha value is -1.39. The van der Waals surface area contributed by atoms with E-state index >= 15 is 0 Å². The smallest absolute Gasteiger partial charge is 0.224 e. The molecule has 1 aromatic rings. The van der Waals surface area contributed by atoms with Crippen molar-refractivity contribution in [2.45, 2.75) is 44.2 Å². The van der Waals surface area contributed by atoms with Crippen LogP contribution in [-0.4, -0.2) is 49.2 Å². The molecule has 2 heterocycles. The molecule has 4 nitrogen and oxygen atoms in total. The Morgan fingerprint density at radius 1 is 1.27 bits per heavy atom. The van der Waals surface area contributed by atoms with Gasteiger partial charge in [0.25, 0.3) is 0 Å². The number of nitrogens with one attached hydrogen (secondary N) is 1. The molecular formula is C18H26N2O2. The van der Waals surface area contributed by atoms with Crippen molar-refractivity contribution in [3.63, 3.8) is 0 Å². The highest BCUT2D eigenvalue weighted by molar-refractivity contribution is 5.77. The van der Waals surface area contributed by atoms with Crippen LogP contribution in [0.3, 0.4) is 0 Å². The lowest BCUT2D eigenvalue weighted by atomic mass is 9.95. The van der Waals surface area contributed by atoms with Crippen molar-refractivity contribution in [1.82, 2.24) is 10.2 Å². The van der Waals surface area contributed by atoms with Gasteiger partial charge in [0.1, 0.15) is 0 Å². The predicted molar refractivity (Wildman–Crippen MR) is 86.7 cm³/mol. The zero-order chi connectivity index (χ0) is 15.2. The number of piperidine rings is 1. The zero-order valence-corrected chi connectivity index (χ0v) is 13.2. The molecule has 2 fully saturated rings. The molecule has 1 aromatic carbocycles. The lowest BCUT2D eigenvalue weighted by Gasteiger charge is -2.37. The van der Waals surface area contributed by atoms with E-state index in [-0.39, 0.29) is 11.9 Å². The zero-order valence-electron chi connectivity index (χ0n) is 13.2. The molecule has 0 saturated carbocycles. The maximum absolute atomic E-state index is 12.7. The van der Waals surface area contributed by atoms with E-state index in [2.05, 4.69) is 34.5 Å². The summed E-state index contributed by atoms with van der Waals surface area (Å²) in [6.07, 6.45) is 5.01. The van der Waals surface area contributed by atoms with E-state index in [9.17, 15) is 4.79 Å². The first-order valence-corrected chi connectivity index (χ1v) is 8.47. The highest BCUT2D eigenvalue weighted by Gasteiger charge is 2.28. The van der Waals surface area contributed by atoms with Crippen molar-refractivity contribution in [3.05, 3.63) is 35.9 Å². The summed E-state index contributed by atoms with van der Waals surface area (Å²) in [6.45, 7) is 3.17. The fourth-order valence-corrected chi connectivity index (χ4v) is 3.51. The second kappa shape index (κ2) is 7.75. The predicted octanol–water partition coefficient (Wildman–Crippen LogP) is 1.99. The van der Waals surface area contributed by atoms with Crippen molar-refractivity contribution in [2.24, 2.45) is 0 Å². The van der Waals surface area contributed by atoms with Gasteiger partial charge < -0.3 is 15.0 Å². The number of likely N-dealkylation sites (tertiary alicyclic amines) is 1. The molecule has 2 aliphatic heterocycles. The standard InChI is InChI=1S/C18H26N2O2/c21-18(13-16-14-22-11-9-19-16)20-10-5-4-8-17(20)12-15-6-2-1-3-7-15/h1-3,6-7,16-17,19H,4-5,8-14H2. The topological polar surface area (TPSA) is 41.6 Å². The Kier molecular flexibility index (Phi) is 5.46. The Morgan fingerprint density at radius 2 is 2.14 bits per heavy atom. The second-order valence-electron chi connectivity index (χ2n) is 6.36. The minimum atomic E-state index is 0.181. The van der Waals surface area contributed by atoms with Gasteiger partial charge in [-0.25, -0.2) is 0 Å². The summed E-state index contributed by atoms with van der Waals surface area (Å²) < 4.78 is 5.46. The summed E-state index contributed by atoms with van der Waals surface area (Å²) in [4.78, 5) is 14.8. The summed E-state index contributed by atoms with van der Waals surface area (Å²) in [5, 5.41) is 3.38.